The molecule has 1 aliphatic rings. The Bertz CT molecular complexity index is 1270. The lowest BCUT2D eigenvalue weighted by atomic mass is 10.2. The highest BCUT2D eigenvalue weighted by molar-refractivity contribution is 7.99. The average molecular weight is 462 g/mol. The molecule has 0 radical (unpaired) electrons. The lowest BCUT2D eigenvalue weighted by Gasteiger charge is -2.32. The number of oxazole rings is 1. The summed E-state index contributed by atoms with van der Waals surface area (Å²) in [4.78, 5) is 31.6. The first-order valence-electron chi connectivity index (χ1n) is 11.0. The summed E-state index contributed by atoms with van der Waals surface area (Å²) in [6, 6.07) is 18.6. The number of imide groups is 1. The molecule has 1 unspecified atom stereocenters. The minimum Gasteiger partial charge on any atom is -0.431 e. The van der Waals surface area contributed by atoms with Gasteiger partial charge >= 0.3 is 11.9 Å². The summed E-state index contributed by atoms with van der Waals surface area (Å²) in [5, 5.41) is 3.49. The topological polar surface area (TPSA) is 77.1 Å². The minimum atomic E-state index is -0.289. The number of hydrogen-bond acceptors (Lipinski definition) is 5. The van der Waals surface area contributed by atoms with Crippen molar-refractivity contribution >= 4 is 40.5 Å². The summed E-state index contributed by atoms with van der Waals surface area (Å²) in [5.74, 6) is -0.0210. The number of thioether (sulfide) groups is 1. The van der Waals surface area contributed by atoms with E-state index >= 15 is 0 Å². The smallest absolute Gasteiger partial charge is 0.428 e. The van der Waals surface area contributed by atoms with Gasteiger partial charge in [0.1, 0.15) is 17.3 Å². The van der Waals surface area contributed by atoms with Crippen LogP contribution in [0.25, 0.3) is 16.8 Å². The van der Waals surface area contributed by atoms with Crippen LogP contribution in [0.1, 0.15) is 19.8 Å². The third-order valence-electron chi connectivity index (χ3n) is 6.31. The van der Waals surface area contributed by atoms with Crippen molar-refractivity contribution < 1.29 is 18.5 Å². The van der Waals surface area contributed by atoms with E-state index in [4.69, 9.17) is 4.42 Å². The predicted octanol–water partition coefficient (Wildman–Crippen LogP) is 5.47. The molecule has 1 N–H and O–H groups in total. The predicted molar refractivity (Wildman–Crippen MR) is 128 cm³/mol. The normalized spacial score (nSPS) is 20.2. The van der Waals surface area contributed by atoms with Crippen LogP contribution in [0, 0.1) is 0 Å². The fraction of sp³-hybridized carbons (Fsp3) is 0.240. The van der Waals surface area contributed by atoms with E-state index in [0.29, 0.717) is 23.0 Å². The maximum atomic E-state index is 13.6. The maximum absolute atomic E-state index is 13.6. The van der Waals surface area contributed by atoms with Gasteiger partial charge in [0.2, 0.25) is 0 Å². The number of urea groups is 1. The molecule has 3 heterocycles. The highest BCUT2D eigenvalue weighted by Crippen LogP contribution is 2.32. The van der Waals surface area contributed by atoms with E-state index in [0.717, 1.165) is 24.0 Å². The monoisotopic (exact) mass is 461 g/mol. The van der Waals surface area contributed by atoms with Crippen molar-refractivity contribution in [3.63, 3.8) is 0 Å². The molecule has 2 atom stereocenters. The molecular weight excluding hydrogens is 436 g/mol. The van der Waals surface area contributed by atoms with Crippen LogP contribution in [-0.4, -0.2) is 44.3 Å². The van der Waals surface area contributed by atoms with Crippen molar-refractivity contribution in [2.75, 3.05) is 17.6 Å². The largest absolute Gasteiger partial charge is 0.431 e. The van der Waals surface area contributed by atoms with Gasteiger partial charge < -0.3 is 8.98 Å². The van der Waals surface area contributed by atoms with Gasteiger partial charge in [-0.1, -0.05) is 36.0 Å². The summed E-state index contributed by atoms with van der Waals surface area (Å²) >= 11 is 1.24. The highest BCUT2D eigenvalue weighted by Gasteiger charge is 2.52. The molecule has 2 aromatic carbocycles. The van der Waals surface area contributed by atoms with Crippen LogP contribution in [0.2, 0.25) is 0 Å². The van der Waals surface area contributed by atoms with Gasteiger partial charge in [0.25, 0.3) is 5.22 Å². The van der Waals surface area contributed by atoms with Gasteiger partial charge in [-0.2, -0.15) is 4.48 Å². The standard InChI is InChI=1S/C25H24N4O3S/c1-18-9-8-16-29(18,23(30)17-33-25-27-20-11-3-5-13-22(20)32-25)24(31)26-19-10-2-4-12-21(19)28-14-6-7-15-28/h2-7,10-15,18H,8-9,16-17H2,1H3/p+1/t18-,29?/m1/s1. The Morgan fingerprint density at radius 1 is 1.12 bits per heavy atom. The molecule has 5 rings (SSSR count). The molecule has 2 aromatic heterocycles. The maximum Gasteiger partial charge on any atom is 0.428 e. The number of benzene rings is 2. The van der Waals surface area contributed by atoms with E-state index in [1.807, 2.05) is 84.5 Å². The number of hydrogen-bond donors (Lipinski definition) is 1. The number of anilines is 1. The van der Waals surface area contributed by atoms with Crippen LogP contribution in [0.3, 0.4) is 0 Å². The Morgan fingerprint density at radius 2 is 1.88 bits per heavy atom. The fourth-order valence-corrected chi connectivity index (χ4v) is 5.32. The van der Waals surface area contributed by atoms with Gasteiger partial charge in [0.05, 0.1) is 17.9 Å². The molecule has 0 aliphatic carbocycles. The second-order valence-corrected chi connectivity index (χ2v) is 9.18. The molecule has 4 aromatic rings. The number of fused-ring (bicyclic) bond motifs is 1. The second-order valence-electron chi connectivity index (χ2n) is 8.25. The molecule has 0 bridgehead atoms. The number of nitrogens with one attached hydrogen (secondary N) is 1. The van der Waals surface area contributed by atoms with Crippen molar-refractivity contribution in [3.05, 3.63) is 73.1 Å². The van der Waals surface area contributed by atoms with Crippen molar-refractivity contribution in [2.45, 2.75) is 31.0 Å². The quantitative estimate of drug-likeness (QED) is 0.315. The van der Waals surface area contributed by atoms with Crippen LogP contribution in [0.4, 0.5) is 10.5 Å². The first-order valence-corrected chi connectivity index (χ1v) is 12.0. The second kappa shape index (κ2) is 8.88. The zero-order chi connectivity index (χ0) is 22.8. The van der Waals surface area contributed by atoms with E-state index in [1.54, 1.807) is 0 Å². The van der Waals surface area contributed by atoms with E-state index < -0.39 is 0 Å². The molecule has 0 saturated carbocycles. The molecule has 168 valence electrons. The number of rotatable bonds is 5. The Hall–Kier alpha value is -3.36. The fourth-order valence-electron chi connectivity index (χ4n) is 4.53. The van der Waals surface area contributed by atoms with E-state index in [-0.39, 0.29) is 28.2 Å². The lowest BCUT2D eigenvalue weighted by molar-refractivity contribution is -0.781. The molecule has 3 amide bonds. The number of nitrogens with zero attached hydrogens (tertiary/aromatic N) is 3. The van der Waals surface area contributed by atoms with Crippen LogP contribution in [0.5, 0.6) is 0 Å². The Labute approximate surface area is 196 Å². The number of para-hydroxylation sites is 4. The molecule has 33 heavy (non-hydrogen) atoms. The summed E-state index contributed by atoms with van der Waals surface area (Å²) in [7, 11) is 0. The first kappa shape index (κ1) is 21.5. The number of quaternary nitrogens is 1. The first-order chi connectivity index (χ1) is 16.1. The molecule has 1 fully saturated rings. The highest BCUT2D eigenvalue weighted by atomic mass is 32.2. The summed E-state index contributed by atoms with van der Waals surface area (Å²) in [6.07, 6.45) is 5.50. The molecular formula is C25H25N4O3S+. The van der Waals surface area contributed by atoms with E-state index in [9.17, 15) is 9.59 Å². The van der Waals surface area contributed by atoms with E-state index in [1.165, 1.54) is 11.8 Å². The number of aromatic nitrogens is 2. The van der Waals surface area contributed by atoms with Crippen LogP contribution in [-0.2, 0) is 4.79 Å². The molecule has 7 nitrogen and oxygen atoms in total. The summed E-state index contributed by atoms with van der Waals surface area (Å²) in [6.45, 7) is 2.47. The van der Waals surface area contributed by atoms with Gasteiger partial charge in [0.15, 0.2) is 5.58 Å². The van der Waals surface area contributed by atoms with Crippen LogP contribution < -0.4 is 5.32 Å². The van der Waals surface area contributed by atoms with E-state index in [2.05, 4.69) is 10.3 Å². The lowest BCUT2D eigenvalue weighted by Crippen LogP contribution is -2.61. The number of carbonyl (C=O) groups excluding carboxylic acids is 2. The Balaban J connectivity index is 1.37. The van der Waals surface area contributed by atoms with Gasteiger partial charge in [-0.05, 0) is 43.3 Å². The molecule has 1 saturated heterocycles. The summed E-state index contributed by atoms with van der Waals surface area (Å²) in [5.41, 5.74) is 2.97. The Morgan fingerprint density at radius 3 is 2.64 bits per heavy atom. The van der Waals surface area contributed by atoms with Gasteiger partial charge in [-0.3, -0.25) is 5.32 Å². The van der Waals surface area contributed by atoms with Gasteiger partial charge in [-0.15, -0.1) is 0 Å². The zero-order valence-electron chi connectivity index (χ0n) is 18.3. The van der Waals surface area contributed by atoms with Crippen LogP contribution in [0.15, 0.2) is 82.7 Å². The van der Waals surface area contributed by atoms with Crippen LogP contribution >= 0.6 is 11.8 Å². The molecule has 8 heteroatoms. The van der Waals surface area contributed by atoms with Crippen molar-refractivity contribution in [1.29, 1.82) is 0 Å². The third-order valence-corrected chi connectivity index (χ3v) is 7.13. The number of amides is 3. The minimum absolute atomic E-state index is 0.0968. The molecule has 1 aliphatic heterocycles. The average Bonchev–Trinajstić information content (AvgIpc) is 3.57. The Kier molecular flexibility index (Phi) is 5.78. The summed E-state index contributed by atoms with van der Waals surface area (Å²) < 4.78 is 7.47. The van der Waals surface area contributed by atoms with Crippen molar-refractivity contribution in [2.24, 2.45) is 0 Å². The molecule has 0 spiro atoms. The van der Waals surface area contributed by atoms with Gasteiger partial charge in [0, 0.05) is 25.2 Å². The van der Waals surface area contributed by atoms with Crippen molar-refractivity contribution in [1.82, 2.24) is 9.55 Å². The SMILES string of the molecule is C[C@@H]1CCC[N+]1(C(=O)CSc1nc2ccccc2o1)C(=O)Nc1ccccc1-n1cccc1. The van der Waals surface area contributed by atoms with Crippen molar-refractivity contribution in [3.8, 4) is 5.69 Å². The third kappa shape index (κ3) is 3.96. The zero-order valence-corrected chi connectivity index (χ0v) is 19.1. The van der Waals surface area contributed by atoms with Gasteiger partial charge in [-0.25, -0.2) is 14.6 Å². The number of likely N-dealkylation sites (tertiary alicyclic amines) is 1. The number of carbonyl (C=O) groups is 2.